The van der Waals surface area contributed by atoms with Crippen molar-refractivity contribution >= 4 is 32.5 Å². The maximum absolute atomic E-state index is 9.32. The molecule has 0 radical (unpaired) electrons. The third-order valence-corrected chi connectivity index (χ3v) is 4.37. The van der Waals surface area contributed by atoms with Crippen molar-refractivity contribution in [3.63, 3.8) is 0 Å². The summed E-state index contributed by atoms with van der Waals surface area (Å²) >= 11 is 3.55. The van der Waals surface area contributed by atoms with Crippen LogP contribution < -0.4 is 5.32 Å². The molecule has 0 bridgehead atoms. The number of fused-ring (bicyclic) bond motifs is 1. The highest BCUT2D eigenvalue weighted by molar-refractivity contribution is 9.10. The third kappa shape index (κ3) is 2.10. The molecule has 4 heteroatoms. The first-order chi connectivity index (χ1) is 8.74. The van der Waals surface area contributed by atoms with Crippen LogP contribution >= 0.6 is 15.9 Å². The van der Waals surface area contributed by atoms with Crippen LogP contribution in [-0.4, -0.2) is 23.2 Å². The van der Waals surface area contributed by atoms with E-state index in [2.05, 4.69) is 32.3 Å². The molecule has 0 atom stereocenters. The average Bonchev–Trinajstić information content (AvgIpc) is 3.18. The lowest BCUT2D eigenvalue weighted by Crippen LogP contribution is -2.19. The topological polar surface area (TPSA) is 45.1 Å². The second kappa shape index (κ2) is 4.52. The minimum atomic E-state index is 0.0931. The Labute approximate surface area is 114 Å². The van der Waals surface area contributed by atoms with E-state index in [0.29, 0.717) is 0 Å². The van der Waals surface area contributed by atoms with Gasteiger partial charge in [-0.25, -0.2) is 4.98 Å². The monoisotopic (exact) mass is 306 g/mol. The Kier molecular flexibility index (Phi) is 2.99. The summed E-state index contributed by atoms with van der Waals surface area (Å²) in [4.78, 5) is 4.40. The smallest absolute Gasteiger partial charge is 0.133 e. The van der Waals surface area contributed by atoms with Crippen LogP contribution in [0.2, 0.25) is 0 Å². The largest absolute Gasteiger partial charge is 0.396 e. The maximum atomic E-state index is 9.32. The van der Waals surface area contributed by atoms with E-state index in [1.807, 2.05) is 24.4 Å². The van der Waals surface area contributed by atoms with Crippen LogP contribution in [0.25, 0.3) is 10.8 Å². The summed E-state index contributed by atoms with van der Waals surface area (Å²) in [5, 5.41) is 15.0. The Morgan fingerprint density at radius 1 is 1.28 bits per heavy atom. The maximum Gasteiger partial charge on any atom is 0.133 e. The molecule has 2 aromatic rings. The van der Waals surface area contributed by atoms with Gasteiger partial charge in [0.2, 0.25) is 0 Å². The Morgan fingerprint density at radius 2 is 2.11 bits per heavy atom. The van der Waals surface area contributed by atoms with E-state index in [4.69, 9.17) is 0 Å². The van der Waals surface area contributed by atoms with Crippen LogP contribution in [0.3, 0.4) is 0 Å². The number of aliphatic hydroxyl groups excluding tert-OH is 1. The fraction of sp³-hybridized carbons (Fsp3) is 0.357. The number of pyridine rings is 1. The number of benzene rings is 1. The Balaban J connectivity index is 1.90. The van der Waals surface area contributed by atoms with Gasteiger partial charge in [-0.05, 0) is 25.0 Å². The Bertz CT molecular complexity index is 581. The fourth-order valence-electron chi connectivity index (χ4n) is 2.15. The molecule has 3 nitrogen and oxygen atoms in total. The van der Waals surface area contributed by atoms with E-state index < -0.39 is 0 Å². The van der Waals surface area contributed by atoms with Crippen molar-refractivity contribution in [2.45, 2.75) is 12.8 Å². The number of halogens is 1. The minimum Gasteiger partial charge on any atom is -0.396 e. The third-order valence-electron chi connectivity index (χ3n) is 3.68. The molecule has 3 rings (SSSR count). The van der Waals surface area contributed by atoms with Gasteiger partial charge in [0, 0.05) is 33.4 Å². The highest BCUT2D eigenvalue weighted by Crippen LogP contribution is 2.45. The molecular formula is C14H15BrN2O. The van der Waals surface area contributed by atoms with E-state index in [-0.39, 0.29) is 12.0 Å². The molecule has 1 aliphatic rings. The Hall–Kier alpha value is -1.13. The Morgan fingerprint density at radius 3 is 2.83 bits per heavy atom. The van der Waals surface area contributed by atoms with Gasteiger partial charge in [-0.3, -0.25) is 0 Å². The van der Waals surface area contributed by atoms with Crippen LogP contribution in [0.4, 0.5) is 5.82 Å². The normalized spacial score (nSPS) is 16.8. The molecule has 0 spiro atoms. The van der Waals surface area contributed by atoms with Crippen molar-refractivity contribution in [3.05, 3.63) is 34.9 Å². The van der Waals surface area contributed by atoms with Gasteiger partial charge in [0.15, 0.2) is 0 Å². The molecule has 94 valence electrons. The second-order valence-corrected chi connectivity index (χ2v) is 5.86. The number of nitrogens with one attached hydrogen (secondary N) is 1. The van der Waals surface area contributed by atoms with Gasteiger partial charge in [0.25, 0.3) is 0 Å². The summed E-state index contributed by atoms with van der Waals surface area (Å²) < 4.78 is 1.08. The first kappa shape index (κ1) is 11.9. The van der Waals surface area contributed by atoms with Gasteiger partial charge in [-0.15, -0.1) is 0 Å². The second-order valence-electron chi connectivity index (χ2n) is 5.01. The molecule has 1 heterocycles. The van der Waals surface area contributed by atoms with Crippen molar-refractivity contribution in [2.24, 2.45) is 5.41 Å². The van der Waals surface area contributed by atoms with E-state index in [0.717, 1.165) is 40.4 Å². The zero-order valence-electron chi connectivity index (χ0n) is 9.99. The van der Waals surface area contributed by atoms with Gasteiger partial charge in [0.05, 0.1) is 6.61 Å². The number of nitrogens with zero attached hydrogens (tertiary/aromatic N) is 1. The molecule has 0 aliphatic heterocycles. The number of anilines is 1. The summed E-state index contributed by atoms with van der Waals surface area (Å²) in [5.74, 6) is 0.897. The first-order valence-corrected chi connectivity index (χ1v) is 6.91. The van der Waals surface area contributed by atoms with Gasteiger partial charge < -0.3 is 10.4 Å². The molecule has 1 saturated carbocycles. The van der Waals surface area contributed by atoms with E-state index in [1.165, 1.54) is 0 Å². The van der Waals surface area contributed by atoms with Gasteiger partial charge in [-0.1, -0.05) is 28.1 Å². The molecule has 1 aromatic heterocycles. The summed E-state index contributed by atoms with van der Waals surface area (Å²) in [5.41, 5.74) is 0.0931. The molecule has 1 aliphatic carbocycles. The van der Waals surface area contributed by atoms with Crippen molar-refractivity contribution in [2.75, 3.05) is 18.5 Å². The van der Waals surface area contributed by atoms with E-state index >= 15 is 0 Å². The van der Waals surface area contributed by atoms with Crippen LogP contribution in [0, 0.1) is 5.41 Å². The number of hydrogen-bond donors (Lipinski definition) is 2. The molecule has 18 heavy (non-hydrogen) atoms. The van der Waals surface area contributed by atoms with E-state index in [1.54, 1.807) is 0 Å². The fourth-order valence-corrected chi connectivity index (χ4v) is 2.65. The molecule has 1 fully saturated rings. The van der Waals surface area contributed by atoms with E-state index in [9.17, 15) is 5.11 Å². The zero-order chi connectivity index (χ0) is 12.6. The highest BCUT2D eigenvalue weighted by Gasteiger charge is 2.41. The predicted molar refractivity (Wildman–Crippen MR) is 76.7 cm³/mol. The zero-order valence-corrected chi connectivity index (χ0v) is 11.6. The van der Waals surface area contributed by atoms with Crippen molar-refractivity contribution in [1.29, 1.82) is 0 Å². The molecule has 0 amide bonds. The van der Waals surface area contributed by atoms with Crippen LogP contribution in [0.5, 0.6) is 0 Å². The van der Waals surface area contributed by atoms with Crippen molar-refractivity contribution in [3.8, 4) is 0 Å². The molecule has 1 aromatic carbocycles. The van der Waals surface area contributed by atoms with Crippen LogP contribution in [-0.2, 0) is 0 Å². The molecular weight excluding hydrogens is 292 g/mol. The average molecular weight is 307 g/mol. The van der Waals surface area contributed by atoms with Gasteiger partial charge in [0.1, 0.15) is 5.82 Å². The molecule has 2 N–H and O–H groups in total. The lowest BCUT2D eigenvalue weighted by molar-refractivity contribution is 0.219. The summed E-state index contributed by atoms with van der Waals surface area (Å²) in [7, 11) is 0. The van der Waals surface area contributed by atoms with Gasteiger partial charge in [-0.2, -0.15) is 0 Å². The number of aromatic nitrogens is 1. The lowest BCUT2D eigenvalue weighted by Gasteiger charge is -2.14. The van der Waals surface area contributed by atoms with Crippen LogP contribution in [0.1, 0.15) is 12.8 Å². The minimum absolute atomic E-state index is 0.0931. The van der Waals surface area contributed by atoms with Crippen molar-refractivity contribution in [1.82, 2.24) is 4.98 Å². The summed E-state index contributed by atoms with van der Waals surface area (Å²) in [6.45, 7) is 1.05. The van der Waals surface area contributed by atoms with Crippen LogP contribution in [0.15, 0.2) is 34.9 Å². The molecule has 0 unspecified atom stereocenters. The summed E-state index contributed by atoms with van der Waals surface area (Å²) in [6, 6.07) is 8.11. The lowest BCUT2D eigenvalue weighted by atomic mass is 10.1. The standard InChI is InChI=1S/C14H15BrN2O/c15-12-3-1-2-11-10(12)4-7-16-13(11)17-8-14(9-18)5-6-14/h1-4,7,18H,5-6,8-9H2,(H,16,17). The van der Waals surface area contributed by atoms with Crippen molar-refractivity contribution < 1.29 is 5.11 Å². The highest BCUT2D eigenvalue weighted by atomic mass is 79.9. The summed E-state index contributed by atoms with van der Waals surface area (Å²) in [6.07, 6.45) is 4.02. The quantitative estimate of drug-likeness (QED) is 0.912. The predicted octanol–water partition coefficient (Wildman–Crippen LogP) is 3.18. The number of aliphatic hydroxyl groups is 1. The SMILES string of the molecule is OCC1(CNc2nccc3c(Br)cccc23)CC1. The van der Waals surface area contributed by atoms with Gasteiger partial charge >= 0.3 is 0 Å². The first-order valence-electron chi connectivity index (χ1n) is 6.12. The number of rotatable bonds is 4. The number of hydrogen-bond acceptors (Lipinski definition) is 3. The molecule has 0 saturated heterocycles.